The van der Waals surface area contributed by atoms with Crippen LogP contribution in [0.25, 0.3) is 28.5 Å². The summed E-state index contributed by atoms with van der Waals surface area (Å²) in [6.07, 6.45) is 6.30. The lowest BCUT2D eigenvalue weighted by molar-refractivity contribution is -0.124. The molecule has 0 saturated carbocycles. The van der Waals surface area contributed by atoms with Crippen molar-refractivity contribution in [2.45, 2.75) is 25.4 Å². The number of benzene rings is 3. The van der Waals surface area contributed by atoms with Gasteiger partial charge in [0.1, 0.15) is 11.9 Å². The molecule has 4 aromatic rings. The minimum atomic E-state index is -0.638. The van der Waals surface area contributed by atoms with Crippen molar-refractivity contribution in [2.24, 2.45) is 0 Å². The Balaban J connectivity index is 1.29. The second-order valence-electron chi connectivity index (χ2n) is 10.3. The fourth-order valence-corrected chi connectivity index (χ4v) is 5.07. The zero-order valence-corrected chi connectivity index (χ0v) is 24.0. The lowest BCUT2D eigenvalue weighted by Crippen LogP contribution is -2.43. The first-order valence-corrected chi connectivity index (χ1v) is 14.0. The van der Waals surface area contributed by atoms with Crippen LogP contribution in [0.3, 0.4) is 0 Å². The Morgan fingerprint density at radius 1 is 1.14 bits per heavy atom. The molecule has 0 spiro atoms. The molecule has 1 aliphatic rings. The summed E-state index contributed by atoms with van der Waals surface area (Å²) in [5.74, 6) is -0.419. The van der Waals surface area contributed by atoms with E-state index in [0.29, 0.717) is 46.7 Å². The summed E-state index contributed by atoms with van der Waals surface area (Å²) < 4.78 is 19.8. The summed E-state index contributed by atoms with van der Waals surface area (Å²) in [5, 5.41) is 31.8. The summed E-state index contributed by atoms with van der Waals surface area (Å²) in [6, 6.07) is 19.3. The molecule has 11 heteroatoms. The van der Waals surface area contributed by atoms with Crippen molar-refractivity contribution < 1.29 is 24.2 Å². The lowest BCUT2D eigenvalue weighted by Gasteiger charge is -2.33. The van der Waals surface area contributed by atoms with E-state index in [1.165, 1.54) is 25.3 Å². The molecule has 0 radical (unpaired) electrons. The quantitative estimate of drug-likeness (QED) is 0.122. The first-order chi connectivity index (χ1) is 21.4. The maximum atomic E-state index is 14.7. The molecule has 1 amide bonds. The van der Waals surface area contributed by atoms with E-state index in [0.717, 1.165) is 37.1 Å². The second kappa shape index (κ2) is 13.8. The van der Waals surface area contributed by atoms with Gasteiger partial charge in [0.05, 0.1) is 18.4 Å². The monoisotopic (exact) mass is 594 g/mol. The highest BCUT2D eigenvalue weighted by Gasteiger charge is 2.23. The van der Waals surface area contributed by atoms with E-state index in [-0.39, 0.29) is 11.3 Å². The first-order valence-electron chi connectivity index (χ1n) is 14.0. The fourth-order valence-electron chi connectivity index (χ4n) is 5.07. The van der Waals surface area contributed by atoms with Crippen LogP contribution in [0.15, 0.2) is 72.9 Å². The van der Waals surface area contributed by atoms with E-state index in [1.807, 2.05) is 30.3 Å². The molecule has 5 rings (SSSR count). The molecule has 0 atom stereocenters. The number of nitrogens with zero attached hydrogens (tertiary/aromatic N) is 4. The van der Waals surface area contributed by atoms with Crippen LogP contribution < -0.4 is 20.4 Å². The third kappa shape index (κ3) is 7.00. The third-order valence-corrected chi connectivity index (χ3v) is 7.52. The highest BCUT2D eigenvalue weighted by Crippen LogP contribution is 2.37. The van der Waals surface area contributed by atoms with Crippen LogP contribution >= 0.6 is 0 Å². The van der Waals surface area contributed by atoms with E-state index in [9.17, 15) is 19.6 Å². The summed E-state index contributed by atoms with van der Waals surface area (Å²) in [5.41, 5.74) is 5.69. The number of aromatic nitrogens is 2. The first kappa shape index (κ1) is 30.2. The van der Waals surface area contributed by atoms with Crippen molar-refractivity contribution in [1.82, 2.24) is 20.8 Å². The largest absolute Gasteiger partial charge is 0.504 e. The van der Waals surface area contributed by atoms with Crippen molar-refractivity contribution in [3.63, 3.8) is 0 Å². The van der Waals surface area contributed by atoms with Crippen molar-refractivity contribution in [3.8, 4) is 40.0 Å². The van der Waals surface area contributed by atoms with Crippen LogP contribution in [0.5, 0.6) is 11.5 Å². The molecule has 1 aliphatic heterocycles. The summed E-state index contributed by atoms with van der Waals surface area (Å²) in [6.45, 7) is 2.14. The smallest absolute Gasteiger partial charge is 0.267 e. The predicted octanol–water partition coefficient (Wildman–Crippen LogP) is 4.81. The van der Waals surface area contributed by atoms with Gasteiger partial charge in [0, 0.05) is 49.1 Å². The molecule has 1 saturated heterocycles. The van der Waals surface area contributed by atoms with E-state index in [4.69, 9.17) is 14.9 Å². The van der Waals surface area contributed by atoms with Crippen molar-refractivity contribution in [3.05, 3.63) is 95.4 Å². The molecule has 0 unspecified atom stereocenters. The molecule has 2 heterocycles. The van der Waals surface area contributed by atoms with Gasteiger partial charge in [0.2, 0.25) is 5.95 Å². The maximum Gasteiger partial charge on any atom is 0.267 e. The lowest BCUT2D eigenvalue weighted by atomic mass is 9.99. The molecule has 0 aliphatic carbocycles. The number of amides is 1. The van der Waals surface area contributed by atoms with Crippen LogP contribution in [-0.2, 0) is 11.3 Å². The van der Waals surface area contributed by atoms with Crippen molar-refractivity contribution in [1.29, 1.82) is 5.26 Å². The zero-order valence-electron chi connectivity index (χ0n) is 24.0. The van der Waals surface area contributed by atoms with E-state index < -0.39 is 11.7 Å². The summed E-state index contributed by atoms with van der Waals surface area (Å²) in [7, 11) is 1.47. The standard InChI is InChI=1S/C33H31FN6O4/c1-44-30-10-9-23(17-29(30)41)27-20-37-33(38-32(27)24-7-8-25(18-35)28(34)16-24)40-14-12-26(13-15-40)36-19-22-4-2-21(3-5-22)6-11-31(42)39-43/h2-11,16-17,20,26,36,41,43H,12-15,19H2,1H3,(H,39,42)/b11-6+. The highest BCUT2D eigenvalue weighted by atomic mass is 19.1. The minimum absolute atomic E-state index is 0.0412. The fraction of sp³-hybridized carbons (Fsp3) is 0.212. The molecule has 10 nitrogen and oxygen atoms in total. The van der Waals surface area contributed by atoms with Gasteiger partial charge < -0.3 is 20.1 Å². The Hall–Kier alpha value is -5.31. The predicted molar refractivity (Wildman–Crippen MR) is 163 cm³/mol. The number of anilines is 1. The molecule has 224 valence electrons. The number of hydrogen-bond donors (Lipinski definition) is 4. The number of piperidine rings is 1. The van der Waals surface area contributed by atoms with Crippen molar-refractivity contribution in [2.75, 3.05) is 25.1 Å². The van der Waals surface area contributed by atoms with Crippen LogP contribution in [-0.4, -0.2) is 52.4 Å². The van der Waals surface area contributed by atoms with E-state index in [1.54, 1.807) is 42.0 Å². The molecule has 1 aromatic heterocycles. The molecular weight excluding hydrogens is 563 g/mol. The summed E-state index contributed by atoms with van der Waals surface area (Å²) in [4.78, 5) is 22.8. The number of phenols is 1. The topological polar surface area (TPSA) is 144 Å². The van der Waals surface area contributed by atoms with E-state index >= 15 is 0 Å². The molecule has 3 aromatic carbocycles. The zero-order chi connectivity index (χ0) is 31.1. The van der Waals surface area contributed by atoms with Gasteiger partial charge in [0.15, 0.2) is 11.5 Å². The van der Waals surface area contributed by atoms with Crippen molar-refractivity contribution >= 4 is 17.9 Å². The van der Waals surface area contributed by atoms with Gasteiger partial charge in [-0.25, -0.2) is 19.8 Å². The number of halogens is 1. The number of hydrogen-bond acceptors (Lipinski definition) is 9. The van der Waals surface area contributed by atoms with Crippen LogP contribution in [0.1, 0.15) is 29.5 Å². The number of hydroxylamine groups is 1. The van der Waals surface area contributed by atoms with Crippen LogP contribution in [0, 0.1) is 17.1 Å². The SMILES string of the molecule is COc1ccc(-c2cnc(N3CCC(NCc4ccc(/C=C/C(=O)NO)cc4)CC3)nc2-c2ccc(C#N)c(F)c2)cc1O. The number of ether oxygens (including phenoxy) is 1. The number of rotatable bonds is 9. The van der Waals surface area contributed by atoms with Gasteiger partial charge in [-0.1, -0.05) is 36.4 Å². The van der Waals surface area contributed by atoms with Gasteiger partial charge in [-0.15, -0.1) is 0 Å². The van der Waals surface area contributed by atoms with E-state index in [2.05, 4.69) is 15.2 Å². The number of nitriles is 1. The number of aromatic hydroxyl groups is 1. The van der Waals surface area contributed by atoms with Gasteiger partial charge >= 0.3 is 0 Å². The minimum Gasteiger partial charge on any atom is -0.504 e. The number of phenolic OH excluding ortho intramolecular Hbond substituents is 1. The Bertz CT molecular complexity index is 1710. The number of carbonyl (C=O) groups is 1. The Morgan fingerprint density at radius 3 is 2.55 bits per heavy atom. The summed E-state index contributed by atoms with van der Waals surface area (Å²) >= 11 is 0. The van der Waals surface area contributed by atoms with Crippen LogP contribution in [0.2, 0.25) is 0 Å². The van der Waals surface area contributed by atoms with Gasteiger partial charge in [-0.2, -0.15) is 5.26 Å². The Morgan fingerprint density at radius 2 is 1.89 bits per heavy atom. The number of methoxy groups -OCH3 is 1. The Kier molecular flexibility index (Phi) is 9.44. The highest BCUT2D eigenvalue weighted by molar-refractivity contribution is 5.90. The molecule has 4 N–H and O–H groups in total. The molecule has 1 fully saturated rings. The van der Waals surface area contributed by atoms with Gasteiger partial charge in [0.25, 0.3) is 5.91 Å². The second-order valence-corrected chi connectivity index (χ2v) is 10.3. The average Bonchev–Trinajstić information content (AvgIpc) is 3.06. The Labute approximate surface area is 254 Å². The van der Waals surface area contributed by atoms with Gasteiger partial charge in [-0.05, 0) is 59.9 Å². The molecular formula is C33H31FN6O4. The molecule has 0 bridgehead atoms. The number of carbonyl (C=O) groups excluding carboxylic acids is 1. The third-order valence-electron chi connectivity index (χ3n) is 7.52. The van der Waals surface area contributed by atoms with Crippen LogP contribution in [0.4, 0.5) is 10.3 Å². The molecule has 44 heavy (non-hydrogen) atoms. The normalized spacial score (nSPS) is 13.5. The maximum absolute atomic E-state index is 14.7. The number of nitrogens with one attached hydrogen (secondary N) is 2. The van der Waals surface area contributed by atoms with Gasteiger partial charge in [-0.3, -0.25) is 10.0 Å². The average molecular weight is 595 g/mol.